The lowest BCUT2D eigenvalue weighted by Crippen LogP contribution is -2.35. The van der Waals surface area contributed by atoms with Crippen LogP contribution >= 0.6 is 0 Å². The van der Waals surface area contributed by atoms with Crippen LogP contribution < -0.4 is 0 Å². The Kier molecular flexibility index (Phi) is 14.1. The van der Waals surface area contributed by atoms with Crippen molar-refractivity contribution in [3.8, 4) is 11.1 Å². The maximum Gasteiger partial charge on any atom is 0.335 e. The van der Waals surface area contributed by atoms with E-state index in [0.717, 1.165) is 44.4 Å². The summed E-state index contributed by atoms with van der Waals surface area (Å²) < 4.78 is 11.0. The molecular weight excluding hydrogens is 588 g/mol. The van der Waals surface area contributed by atoms with Gasteiger partial charge in [0, 0.05) is 5.92 Å². The molecule has 1 saturated carbocycles. The first-order chi connectivity index (χ1) is 22.6. The number of benzene rings is 2. The minimum atomic E-state index is -0.986. The summed E-state index contributed by atoms with van der Waals surface area (Å²) in [5, 5.41) is 18.8. The van der Waals surface area contributed by atoms with Crippen LogP contribution in [0.1, 0.15) is 102 Å². The van der Waals surface area contributed by atoms with Crippen LogP contribution in [-0.4, -0.2) is 48.6 Å². The van der Waals surface area contributed by atoms with Crippen LogP contribution in [0.3, 0.4) is 0 Å². The highest BCUT2D eigenvalue weighted by Gasteiger charge is 2.33. The summed E-state index contributed by atoms with van der Waals surface area (Å²) in [4.78, 5) is 24.7. The number of hydrogen-bond acceptors (Lipinski definition) is 6. The highest BCUT2D eigenvalue weighted by Crippen LogP contribution is 2.37. The predicted molar refractivity (Wildman–Crippen MR) is 188 cm³/mol. The molecule has 0 aliphatic heterocycles. The number of fused-ring (bicyclic) bond motifs is 1. The van der Waals surface area contributed by atoms with Gasteiger partial charge in [-0.3, -0.25) is 4.79 Å². The highest BCUT2D eigenvalue weighted by molar-refractivity contribution is 5.87. The summed E-state index contributed by atoms with van der Waals surface area (Å²) >= 11 is 0. The van der Waals surface area contributed by atoms with Gasteiger partial charge in [-0.2, -0.15) is 0 Å². The molecule has 0 amide bonds. The van der Waals surface area contributed by atoms with E-state index in [1.54, 1.807) is 19.4 Å². The third kappa shape index (κ3) is 10.8. The first-order valence-corrected chi connectivity index (χ1v) is 18.1. The van der Waals surface area contributed by atoms with E-state index in [9.17, 15) is 19.8 Å². The summed E-state index contributed by atoms with van der Waals surface area (Å²) in [5.41, 5.74) is 6.10. The fraction of sp³-hybridized carbons (Fsp3) is 0.610. The highest BCUT2D eigenvalue weighted by atomic mass is 16.5. The summed E-state index contributed by atoms with van der Waals surface area (Å²) in [6, 6.07) is 16.3. The van der Waals surface area contributed by atoms with Crippen LogP contribution in [0.4, 0.5) is 0 Å². The van der Waals surface area contributed by atoms with Crippen LogP contribution in [0.5, 0.6) is 0 Å². The zero-order valence-electron chi connectivity index (χ0n) is 29.1. The molecule has 0 spiro atoms. The Bertz CT molecular complexity index is 1300. The second kappa shape index (κ2) is 18.0. The van der Waals surface area contributed by atoms with Gasteiger partial charge in [0.1, 0.15) is 0 Å². The first kappa shape index (κ1) is 36.9. The molecule has 2 aromatic carbocycles. The van der Waals surface area contributed by atoms with Crippen LogP contribution in [0.15, 0.2) is 54.6 Å². The predicted octanol–water partition coefficient (Wildman–Crippen LogP) is 8.05. The third-order valence-corrected chi connectivity index (χ3v) is 10.7. The molecule has 2 unspecified atom stereocenters. The van der Waals surface area contributed by atoms with Crippen molar-refractivity contribution in [2.75, 3.05) is 26.4 Å². The Balaban J connectivity index is 1.26. The van der Waals surface area contributed by atoms with Gasteiger partial charge in [0.25, 0.3) is 0 Å². The van der Waals surface area contributed by atoms with Gasteiger partial charge < -0.3 is 19.7 Å². The number of carbonyl (C=O) groups excluding carboxylic acids is 2. The van der Waals surface area contributed by atoms with E-state index in [2.05, 4.69) is 56.0 Å². The van der Waals surface area contributed by atoms with Crippen molar-refractivity contribution in [3.63, 3.8) is 0 Å². The molecule has 2 aliphatic rings. The minimum absolute atomic E-state index is 0.00720. The number of aliphatic hydroxyl groups excluding tert-OH is 2. The van der Waals surface area contributed by atoms with E-state index in [-0.39, 0.29) is 37.2 Å². The maximum absolute atomic E-state index is 12.5. The number of rotatable bonds is 17. The van der Waals surface area contributed by atoms with Crippen molar-refractivity contribution in [1.82, 2.24) is 0 Å². The van der Waals surface area contributed by atoms with Crippen LogP contribution in [0, 0.1) is 29.1 Å². The van der Waals surface area contributed by atoms with E-state index in [1.807, 2.05) is 0 Å². The fourth-order valence-corrected chi connectivity index (χ4v) is 7.23. The topological polar surface area (TPSA) is 93.1 Å². The molecule has 2 N–H and O–H groups in total. The van der Waals surface area contributed by atoms with Crippen molar-refractivity contribution in [1.29, 1.82) is 0 Å². The Morgan fingerprint density at radius 2 is 1.57 bits per heavy atom. The maximum atomic E-state index is 12.5. The second-order valence-electron chi connectivity index (χ2n) is 14.9. The van der Waals surface area contributed by atoms with Gasteiger partial charge in [0.15, 0.2) is 0 Å². The van der Waals surface area contributed by atoms with Gasteiger partial charge in [-0.25, -0.2) is 4.79 Å². The summed E-state index contributed by atoms with van der Waals surface area (Å²) in [5.74, 6) is 0.507. The van der Waals surface area contributed by atoms with E-state index >= 15 is 0 Å². The molecular formula is C41H58O6. The monoisotopic (exact) mass is 646 g/mol. The van der Waals surface area contributed by atoms with Crippen molar-refractivity contribution >= 4 is 11.9 Å². The number of aryl methyl sites for hydroxylation is 2. The molecule has 2 aliphatic carbocycles. The minimum Gasteiger partial charge on any atom is -0.465 e. The van der Waals surface area contributed by atoms with E-state index in [1.165, 1.54) is 67.2 Å². The summed E-state index contributed by atoms with van der Waals surface area (Å²) in [6.45, 7) is 8.60. The van der Waals surface area contributed by atoms with E-state index in [4.69, 9.17) is 9.47 Å². The van der Waals surface area contributed by atoms with Gasteiger partial charge in [0.05, 0.1) is 37.4 Å². The van der Waals surface area contributed by atoms with Crippen molar-refractivity contribution in [2.24, 2.45) is 29.1 Å². The molecule has 0 radical (unpaired) electrons. The second-order valence-corrected chi connectivity index (χ2v) is 14.9. The Morgan fingerprint density at radius 3 is 2.26 bits per heavy atom. The summed E-state index contributed by atoms with van der Waals surface area (Å²) in [7, 11) is 0. The molecule has 258 valence electrons. The van der Waals surface area contributed by atoms with Gasteiger partial charge in [-0.15, -0.1) is 0 Å². The van der Waals surface area contributed by atoms with Crippen molar-refractivity contribution in [3.05, 3.63) is 71.3 Å². The molecule has 47 heavy (non-hydrogen) atoms. The van der Waals surface area contributed by atoms with Crippen LogP contribution in [-0.2, 0) is 38.3 Å². The number of unbranched alkanes of at least 4 members (excludes halogenated alkanes) is 2. The van der Waals surface area contributed by atoms with Gasteiger partial charge >= 0.3 is 11.9 Å². The number of carbonyl (C=O) groups is 2. The number of aliphatic hydroxyl groups is 2. The molecule has 1 fully saturated rings. The molecule has 4 rings (SSSR count). The van der Waals surface area contributed by atoms with Crippen molar-refractivity contribution < 1.29 is 29.3 Å². The SMILES string of the molecule is C=C(CO)C(=O)OCC(COC(=O)C(C)(C)CO)C1CCC(CCc2ccc(-c3ccc4c(c3)CCC(CCCCC)C4)cc2)CC1. The zero-order valence-corrected chi connectivity index (χ0v) is 29.1. The van der Waals surface area contributed by atoms with E-state index < -0.39 is 24.0 Å². The van der Waals surface area contributed by atoms with Crippen molar-refractivity contribution in [2.45, 2.75) is 104 Å². The Labute approximate surface area is 283 Å². The van der Waals surface area contributed by atoms with Gasteiger partial charge in [-0.1, -0.05) is 94.5 Å². The third-order valence-electron chi connectivity index (χ3n) is 10.7. The molecule has 0 saturated heterocycles. The van der Waals surface area contributed by atoms with E-state index in [0.29, 0.717) is 5.92 Å². The zero-order chi connectivity index (χ0) is 33.8. The molecule has 0 heterocycles. The van der Waals surface area contributed by atoms with Crippen LogP contribution in [0.25, 0.3) is 11.1 Å². The normalized spacial score (nSPS) is 20.2. The fourth-order valence-electron chi connectivity index (χ4n) is 7.23. The molecule has 2 aromatic rings. The van der Waals surface area contributed by atoms with Gasteiger partial charge in [0.2, 0.25) is 0 Å². The Morgan fingerprint density at radius 1 is 0.872 bits per heavy atom. The van der Waals surface area contributed by atoms with Gasteiger partial charge in [-0.05, 0) is 104 Å². The molecule has 6 nitrogen and oxygen atoms in total. The summed E-state index contributed by atoms with van der Waals surface area (Å²) in [6.07, 6.45) is 15.5. The average molecular weight is 647 g/mol. The standard InChI is InChI=1S/C41H58O6/c1-5-6-7-8-32-15-20-37-24-36(22-21-35(37)23-32)33-16-11-30(12-17-33)9-10-31-13-18-34(19-14-31)38(26-46-39(44)29(2)25-42)27-47-40(45)41(3,4)28-43/h11-12,16-17,21-22,24,31-32,34,38,42-43H,2,5-10,13-15,18-20,23,25-28H2,1,3-4H3. The molecule has 2 atom stereocenters. The van der Waals surface area contributed by atoms with Crippen LogP contribution in [0.2, 0.25) is 0 Å². The largest absolute Gasteiger partial charge is 0.465 e. The number of hydrogen-bond donors (Lipinski definition) is 2. The smallest absolute Gasteiger partial charge is 0.335 e. The number of esters is 2. The molecule has 0 aromatic heterocycles. The lowest BCUT2D eigenvalue weighted by atomic mass is 9.74. The Hall–Kier alpha value is -2.96. The quantitative estimate of drug-likeness (QED) is 0.103. The molecule has 0 bridgehead atoms. The molecule has 6 heteroatoms. The number of ether oxygens (including phenoxy) is 2. The lowest BCUT2D eigenvalue weighted by Gasteiger charge is -2.34. The lowest BCUT2D eigenvalue weighted by molar-refractivity contribution is -0.159. The average Bonchev–Trinajstić information content (AvgIpc) is 3.10. The first-order valence-electron chi connectivity index (χ1n) is 18.1.